The molecule has 1 heteroatoms. The van der Waals surface area contributed by atoms with Gasteiger partial charge in [0.15, 0.2) is 0 Å². The van der Waals surface area contributed by atoms with Gasteiger partial charge in [0.2, 0.25) is 0 Å². The maximum atomic E-state index is 4.37. The summed E-state index contributed by atoms with van der Waals surface area (Å²) in [5.74, 6) is 0.478. The molecular weight excluding hydrogens is 170 g/mol. The minimum absolute atomic E-state index is 0.478. The summed E-state index contributed by atoms with van der Waals surface area (Å²) in [7, 11) is 0. The van der Waals surface area contributed by atoms with E-state index >= 15 is 0 Å². The van der Waals surface area contributed by atoms with Gasteiger partial charge in [0.1, 0.15) is 0 Å². The smallest absolute Gasteiger partial charge is 0.0475 e. The summed E-state index contributed by atoms with van der Waals surface area (Å²) in [6, 6.07) is 6.11. The molecule has 2 rings (SSSR count). The molecule has 0 saturated heterocycles. The fraction of sp³-hybridized carbons (Fsp3) is 0.308. The summed E-state index contributed by atoms with van der Waals surface area (Å²) in [5, 5.41) is 0. The number of hydrogen-bond donors (Lipinski definition) is 0. The molecule has 0 aliphatic heterocycles. The van der Waals surface area contributed by atoms with Crippen LogP contribution in [-0.4, -0.2) is 4.98 Å². The Balaban J connectivity index is 2.11. The highest BCUT2D eigenvalue weighted by molar-refractivity contribution is 5.29. The lowest BCUT2D eigenvalue weighted by molar-refractivity contribution is 0.803. The van der Waals surface area contributed by atoms with Gasteiger partial charge >= 0.3 is 0 Å². The predicted molar refractivity (Wildman–Crippen MR) is 59.1 cm³/mol. The summed E-state index contributed by atoms with van der Waals surface area (Å²) in [6.45, 7) is 2.19. The van der Waals surface area contributed by atoms with E-state index in [0.29, 0.717) is 5.92 Å². The van der Waals surface area contributed by atoms with Crippen LogP contribution in [0.5, 0.6) is 0 Å². The first-order chi connectivity index (χ1) is 6.90. The topological polar surface area (TPSA) is 12.9 Å². The van der Waals surface area contributed by atoms with Crippen LogP contribution in [0, 0.1) is 0 Å². The quantitative estimate of drug-likeness (QED) is 0.687. The second-order valence-electron chi connectivity index (χ2n) is 3.59. The van der Waals surface area contributed by atoms with Crippen molar-refractivity contribution in [1.29, 1.82) is 0 Å². The molecule has 1 aliphatic carbocycles. The molecule has 1 atom stereocenters. The summed E-state index contributed by atoms with van der Waals surface area (Å²) in [5.41, 5.74) is 2.62. The van der Waals surface area contributed by atoms with Gasteiger partial charge in [-0.1, -0.05) is 36.8 Å². The maximum absolute atomic E-state index is 4.37. The Hall–Kier alpha value is -1.37. The molecule has 0 fully saturated rings. The maximum Gasteiger partial charge on any atom is 0.0475 e. The molecule has 0 amide bonds. The molecule has 1 aromatic rings. The van der Waals surface area contributed by atoms with Crippen molar-refractivity contribution in [3.8, 4) is 0 Å². The van der Waals surface area contributed by atoms with E-state index in [2.05, 4.69) is 42.3 Å². The number of rotatable bonds is 2. The van der Waals surface area contributed by atoms with E-state index in [9.17, 15) is 0 Å². The summed E-state index contributed by atoms with van der Waals surface area (Å²) in [6.07, 6.45) is 10.9. The molecule has 0 aromatic carbocycles. The first-order valence-corrected chi connectivity index (χ1v) is 5.18. The van der Waals surface area contributed by atoms with Gasteiger partial charge in [0, 0.05) is 17.8 Å². The van der Waals surface area contributed by atoms with Crippen molar-refractivity contribution in [1.82, 2.24) is 4.98 Å². The molecule has 0 N–H and O–H groups in total. The van der Waals surface area contributed by atoms with Crippen molar-refractivity contribution < 1.29 is 0 Å². The molecule has 0 saturated carbocycles. The third kappa shape index (κ3) is 1.92. The number of pyridine rings is 1. The molecule has 1 heterocycles. The SMILES string of the molecule is CCC1=CCC(c2ccccn2)C=C1. The van der Waals surface area contributed by atoms with Crippen molar-refractivity contribution in [3.05, 3.63) is 53.9 Å². The van der Waals surface area contributed by atoms with Crippen molar-refractivity contribution in [2.24, 2.45) is 0 Å². The molecule has 1 aromatic heterocycles. The Labute approximate surface area is 85.2 Å². The summed E-state index contributed by atoms with van der Waals surface area (Å²) < 4.78 is 0. The van der Waals surface area contributed by atoms with Crippen LogP contribution in [0.15, 0.2) is 48.2 Å². The van der Waals surface area contributed by atoms with Gasteiger partial charge in [-0.3, -0.25) is 4.98 Å². The average molecular weight is 185 g/mol. The molecule has 14 heavy (non-hydrogen) atoms. The lowest BCUT2D eigenvalue weighted by Gasteiger charge is -2.14. The fourth-order valence-electron chi connectivity index (χ4n) is 1.74. The van der Waals surface area contributed by atoms with Crippen LogP contribution >= 0.6 is 0 Å². The highest BCUT2D eigenvalue weighted by Gasteiger charge is 2.10. The zero-order valence-corrected chi connectivity index (χ0v) is 8.48. The zero-order valence-electron chi connectivity index (χ0n) is 8.48. The van der Waals surface area contributed by atoms with Crippen LogP contribution < -0.4 is 0 Å². The molecule has 72 valence electrons. The van der Waals surface area contributed by atoms with E-state index in [1.165, 1.54) is 11.3 Å². The number of aromatic nitrogens is 1. The van der Waals surface area contributed by atoms with Gasteiger partial charge in [-0.2, -0.15) is 0 Å². The van der Waals surface area contributed by atoms with Gasteiger partial charge < -0.3 is 0 Å². The van der Waals surface area contributed by atoms with Crippen LogP contribution in [0.4, 0.5) is 0 Å². The third-order valence-electron chi connectivity index (χ3n) is 2.65. The second-order valence-corrected chi connectivity index (χ2v) is 3.59. The summed E-state index contributed by atoms with van der Waals surface area (Å²) >= 11 is 0. The number of allylic oxidation sites excluding steroid dienone is 4. The standard InChI is InChI=1S/C13H15N/c1-2-11-6-8-12(9-7-11)13-5-3-4-10-14-13/h3-8,10,12H,2,9H2,1H3. The van der Waals surface area contributed by atoms with E-state index in [-0.39, 0.29) is 0 Å². The van der Waals surface area contributed by atoms with Gasteiger partial charge in [-0.05, 0) is 25.0 Å². The average Bonchev–Trinajstić information content (AvgIpc) is 2.30. The normalized spacial score (nSPS) is 20.6. The van der Waals surface area contributed by atoms with Crippen molar-refractivity contribution in [3.63, 3.8) is 0 Å². The van der Waals surface area contributed by atoms with Gasteiger partial charge in [0.25, 0.3) is 0 Å². The molecule has 1 aliphatic rings. The van der Waals surface area contributed by atoms with Gasteiger partial charge in [-0.15, -0.1) is 0 Å². The summed E-state index contributed by atoms with van der Waals surface area (Å²) in [4.78, 5) is 4.37. The predicted octanol–water partition coefficient (Wildman–Crippen LogP) is 3.46. The Bertz CT molecular complexity index is 349. The molecule has 0 radical (unpaired) electrons. The Morgan fingerprint density at radius 3 is 2.93 bits per heavy atom. The van der Waals surface area contributed by atoms with Crippen LogP contribution in [0.2, 0.25) is 0 Å². The Kier molecular flexibility index (Phi) is 2.78. The molecule has 0 spiro atoms. The monoisotopic (exact) mass is 185 g/mol. The van der Waals surface area contributed by atoms with Crippen molar-refractivity contribution >= 4 is 0 Å². The first kappa shape index (κ1) is 9.20. The fourth-order valence-corrected chi connectivity index (χ4v) is 1.74. The molecule has 0 bridgehead atoms. The number of nitrogens with zero attached hydrogens (tertiary/aromatic N) is 1. The number of hydrogen-bond acceptors (Lipinski definition) is 1. The van der Waals surface area contributed by atoms with Gasteiger partial charge in [-0.25, -0.2) is 0 Å². The van der Waals surface area contributed by atoms with Gasteiger partial charge in [0.05, 0.1) is 0 Å². The molecule has 1 nitrogen and oxygen atoms in total. The highest BCUT2D eigenvalue weighted by atomic mass is 14.7. The largest absolute Gasteiger partial charge is 0.261 e. The lowest BCUT2D eigenvalue weighted by Crippen LogP contribution is -2.00. The van der Waals surface area contributed by atoms with E-state index in [4.69, 9.17) is 0 Å². The zero-order chi connectivity index (χ0) is 9.80. The molecular formula is C13H15N. The second kappa shape index (κ2) is 4.23. The minimum atomic E-state index is 0.478. The van der Waals surface area contributed by atoms with E-state index in [0.717, 1.165) is 12.8 Å². The third-order valence-corrected chi connectivity index (χ3v) is 2.65. The Morgan fingerprint density at radius 1 is 1.43 bits per heavy atom. The Morgan fingerprint density at radius 2 is 2.36 bits per heavy atom. The lowest BCUT2D eigenvalue weighted by atomic mass is 9.93. The van der Waals surface area contributed by atoms with Crippen molar-refractivity contribution in [2.75, 3.05) is 0 Å². The van der Waals surface area contributed by atoms with Crippen molar-refractivity contribution in [2.45, 2.75) is 25.7 Å². The van der Waals surface area contributed by atoms with E-state index in [1.54, 1.807) is 0 Å². The highest BCUT2D eigenvalue weighted by Crippen LogP contribution is 2.25. The minimum Gasteiger partial charge on any atom is -0.261 e. The van der Waals surface area contributed by atoms with Crippen LogP contribution in [0.3, 0.4) is 0 Å². The molecule has 1 unspecified atom stereocenters. The van der Waals surface area contributed by atoms with Crippen LogP contribution in [0.1, 0.15) is 31.4 Å². The van der Waals surface area contributed by atoms with Crippen LogP contribution in [-0.2, 0) is 0 Å². The van der Waals surface area contributed by atoms with E-state index in [1.807, 2.05) is 12.3 Å². The first-order valence-electron chi connectivity index (χ1n) is 5.18. The van der Waals surface area contributed by atoms with Crippen LogP contribution in [0.25, 0.3) is 0 Å². The van der Waals surface area contributed by atoms with E-state index < -0.39 is 0 Å².